The highest BCUT2D eigenvalue weighted by Crippen LogP contribution is 2.45. The topological polar surface area (TPSA) is 89.5 Å². The highest BCUT2D eigenvalue weighted by atomic mass is 16.6. The van der Waals surface area contributed by atoms with Crippen LogP contribution >= 0.6 is 0 Å². The molecule has 1 aliphatic heterocycles. The maximum absolute atomic E-state index is 12.4. The van der Waals surface area contributed by atoms with E-state index < -0.39 is 10.3 Å². The zero-order valence-electron chi connectivity index (χ0n) is 11.4. The van der Waals surface area contributed by atoms with Crippen LogP contribution in [0.3, 0.4) is 0 Å². The summed E-state index contributed by atoms with van der Waals surface area (Å²) in [5.41, 5.74) is 6.27. The van der Waals surface area contributed by atoms with Crippen LogP contribution in [0, 0.1) is 10.1 Å². The second-order valence-corrected chi connectivity index (χ2v) is 5.58. The Morgan fingerprint density at radius 2 is 1.95 bits per heavy atom. The third kappa shape index (κ3) is 1.75. The van der Waals surface area contributed by atoms with E-state index in [0.717, 1.165) is 5.56 Å². The van der Waals surface area contributed by atoms with Crippen LogP contribution in [0.5, 0.6) is 0 Å². The van der Waals surface area contributed by atoms with E-state index in [-0.39, 0.29) is 23.3 Å². The third-order valence-electron chi connectivity index (χ3n) is 3.54. The third-order valence-corrected chi connectivity index (χ3v) is 3.54. The fraction of sp³-hybridized carbons (Fsp3) is 0.462. The summed E-state index contributed by atoms with van der Waals surface area (Å²) in [7, 11) is 0. The maximum Gasteiger partial charge on any atom is 0.294 e. The molecule has 1 aromatic rings. The lowest BCUT2D eigenvalue weighted by molar-refractivity contribution is -0.383. The Morgan fingerprint density at radius 1 is 1.37 bits per heavy atom. The number of nitro groups is 1. The number of rotatable bonds is 2. The van der Waals surface area contributed by atoms with Crippen molar-refractivity contribution in [3.63, 3.8) is 0 Å². The fourth-order valence-electron chi connectivity index (χ4n) is 2.49. The van der Waals surface area contributed by atoms with Gasteiger partial charge in [-0.2, -0.15) is 0 Å². The standard InChI is InChI=1S/C13H17N3O3/c1-7(2)15-10-6-11(16(18)19)9(14)5-8(10)13(3,4)12(15)17/h5-7H,14H2,1-4H3. The van der Waals surface area contributed by atoms with Crippen molar-refractivity contribution in [2.24, 2.45) is 0 Å². The molecule has 1 heterocycles. The van der Waals surface area contributed by atoms with Crippen molar-refractivity contribution >= 4 is 23.0 Å². The average molecular weight is 263 g/mol. The number of nitrogen functional groups attached to an aromatic ring is 1. The lowest BCUT2D eigenvalue weighted by atomic mass is 9.86. The highest BCUT2D eigenvalue weighted by Gasteiger charge is 2.46. The molecule has 0 fully saturated rings. The van der Waals surface area contributed by atoms with Gasteiger partial charge in [-0.05, 0) is 39.3 Å². The molecule has 102 valence electrons. The first kappa shape index (κ1) is 13.3. The number of carbonyl (C=O) groups excluding carboxylic acids is 1. The number of nitrogens with zero attached hydrogens (tertiary/aromatic N) is 2. The molecule has 19 heavy (non-hydrogen) atoms. The Labute approximate surface area is 111 Å². The van der Waals surface area contributed by atoms with Gasteiger partial charge in [0.05, 0.1) is 16.0 Å². The van der Waals surface area contributed by atoms with E-state index in [1.54, 1.807) is 11.0 Å². The van der Waals surface area contributed by atoms with Gasteiger partial charge in [-0.3, -0.25) is 14.9 Å². The van der Waals surface area contributed by atoms with Gasteiger partial charge in [0.15, 0.2) is 0 Å². The summed E-state index contributed by atoms with van der Waals surface area (Å²) >= 11 is 0. The number of anilines is 2. The van der Waals surface area contributed by atoms with Gasteiger partial charge < -0.3 is 10.6 Å². The number of amides is 1. The summed E-state index contributed by atoms with van der Waals surface area (Å²) < 4.78 is 0. The summed E-state index contributed by atoms with van der Waals surface area (Å²) in [4.78, 5) is 24.5. The minimum atomic E-state index is -0.706. The molecule has 6 heteroatoms. The smallest absolute Gasteiger partial charge is 0.294 e. The van der Waals surface area contributed by atoms with E-state index in [9.17, 15) is 14.9 Å². The molecule has 0 aliphatic carbocycles. The zero-order chi connectivity index (χ0) is 14.5. The molecule has 1 amide bonds. The minimum Gasteiger partial charge on any atom is -0.393 e. The van der Waals surface area contributed by atoms with E-state index in [0.29, 0.717) is 5.69 Å². The number of hydrogen-bond donors (Lipinski definition) is 1. The van der Waals surface area contributed by atoms with Crippen molar-refractivity contribution < 1.29 is 9.72 Å². The van der Waals surface area contributed by atoms with Crippen LogP contribution < -0.4 is 10.6 Å². The first-order valence-corrected chi connectivity index (χ1v) is 6.10. The average Bonchev–Trinajstić information content (AvgIpc) is 2.47. The second-order valence-electron chi connectivity index (χ2n) is 5.58. The first-order chi connectivity index (χ1) is 8.67. The number of nitrogens with two attached hydrogens (primary N) is 1. The molecule has 1 aromatic carbocycles. The Balaban J connectivity index is 2.73. The fourth-order valence-corrected chi connectivity index (χ4v) is 2.49. The maximum atomic E-state index is 12.4. The Morgan fingerprint density at radius 3 is 2.42 bits per heavy atom. The quantitative estimate of drug-likeness (QED) is 0.503. The van der Waals surface area contributed by atoms with E-state index in [4.69, 9.17) is 5.73 Å². The van der Waals surface area contributed by atoms with Crippen molar-refractivity contribution in [2.75, 3.05) is 10.6 Å². The van der Waals surface area contributed by atoms with Crippen molar-refractivity contribution in [1.82, 2.24) is 0 Å². The zero-order valence-corrected chi connectivity index (χ0v) is 11.4. The Hall–Kier alpha value is -2.11. The molecule has 0 saturated heterocycles. The molecular formula is C13H17N3O3. The van der Waals surface area contributed by atoms with Gasteiger partial charge >= 0.3 is 0 Å². The molecule has 0 bridgehead atoms. The van der Waals surface area contributed by atoms with Gasteiger partial charge in [0.2, 0.25) is 5.91 Å². The summed E-state index contributed by atoms with van der Waals surface area (Å²) in [6, 6.07) is 2.89. The Bertz CT molecular complexity index is 579. The molecule has 2 N–H and O–H groups in total. The van der Waals surface area contributed by atoms with Crippen LogP contribution in [0.25, 0.3) is 0 Å². The number of hydrogen-bond acceptors (Lipinski definition) is 4. The monoisotopic (exact) mass is 263 g/mol. The molecule has 0 aromatic heterocycles. The number of nitro benzene ring substituents is 1. The van der Waals surface area contributed by atoms with Gasteiger partial charge in [0.1, 0.15) is 5.69 Å². The summed E-state index contributed by atoms with van der Waals surface area (Å²) in [6.07, 6.45) is 0. The summed E-state index contributed by atoms with van der Waals surface area (Å²) in [5.74, 6) is -0.0580. The van der Waals surface area contributed by atoms with Crippen LogP contribution in [-0.4, -0.2) is 16.9 Å². The molecule has 0 unspecified atom stereocenters. The predicted octanol–water partition coefficient (Wildman–Crippen LogP) is 2.21. The molecular weight excluding hydrogens is 246 g/mol. The van der Waals surface area contributed by atoms with E-state index in [1.165, 1.54) is 6.07 Å². The number of fused-ring (bicyclic) bond motifs is 1. The molecule has 6 nitrogen and oxygen atoms in total. The lowest BCUT2D eigenvalue weighted by Crippen LogP contribution is -2.40. The van der Waals surface area contributed by atoms with E-state index in [1.807, 2.05) is 27.7 Å². The Kier molecular flexibility index (Phi) is 2.77. The molecule has 0 saturated carbocycles. The highest BCUT2D eigenvalue weighted by molar-refractivity contribution is 6.08. The van der Waals surface area contributed by atoms with Crippen molar-refractivity contribution in [2.45, 2.75) is 39.2 Å². The van der Waals surface area contributed by atoms with Gasteiger partial charge in [-0.25, -0.2) is 0 Å². The number of benzene rings is 1. The van der Waals surface area contributed by atoms with Crippen LogP contribution in [-0.2, 0) is 10.2 Å². The number of carbonyl (C=O) groups is 1. The summed E-state index contributed by atoms with van der Waals surface area (Å²) in [5, 5.41) is 11.0. The predicted molar refractivity (Wildman–Crippen MR) is 73.2 cm³/mol. The van der Waals surface area contributed by atoms with Gasteiger partial charge in [-0.15, -0.1) is 0 Å². The van der Waals surface area contributed by atoms with Crippen LogP contribution in [0.15, 0.2) is 12.1 Å². The van der Waals surface area contributed by atoms with Crippen molar-refractivity contribution in [1.29, 1.82) is 0 Å². The van der Waals surface area contributed by atoms with Gasteiger partial charge in [-0.1, -0.05) is 0 Å². The molecule has 0 radical (unpaired) electrons. The lowest BCUT2D eigenvalue weighted by Gasteiger charge is -2.23. The minimum absolute atomic E-state index is 0.0580. The molecule has 0 atom stereocenters. The van der Waals surface area contributed by atoms with Gasteiger partial charge in [0, 0.05) is 12.1 Å². The van der Waals surface area contributed by atoms with Crippen LogP contribution in [0.4, 0.5) is 17.1 Å². The summed E-state index contributed by atoms with van der Waals surface area (Å²) in [6.45, 7) is 7.38. The van der Waals surface area contributed by atoms with Crippen molar-refractivity contribution in [3.05, 3.63) is 27.8 Å². The largest absolute Gasteiger partial charge is 0.393 e. The van der Waals surface area contributed by atoms with Gasteiger partial charge in [0.25, 0.3) is 5.69 Å². The van der Waals surface area contributed by atoms with Crippen LogP contribution in [0.1, 0.15) is 33.3 Å². The SMILES string of the molecule is CC(C)N1C(=O)C(C)(C)c2cc(N)c([N+](=O)[O-])cc21. The first-order valence-electron chi connectivity index (χ1n) is 6.10. The second kappa shape index (κ2) is 3.94. The van der Waals surface area contributed by atoms with Crippen LogP contribution in [0.2, 0.25) is 0 Å². The normalized spacial score (nSPS) is 16.9. The van der Waals surface area contributed by atoms with E-state index in [2.05, 4.69) is 0 Å². The van der Waals surface area contributed by atoms with Crippen molar-refractivity contribution in [3.8, 4) is 0 Å². The molecule has 0 spiro atoms. The molecule has 1 aliphatic rings. The molecule has 2 rings (SSSR count). The van der Waals surface area contributed by atoms with E-state index >= 15 is 0 Å².